The van der Waals surface area contributed by atoms with Gasteiger partial charge in [0.15, 0.2) is 0 Å². The van der Waals surface area contributed by atoms with Gasteiger partial charge in [-0.15, -0.1) is 0 Å². The minimum atomic E-state index is 0.295. The number of hydrogen-bond acceptors (Lipinski definition) is 3. The van der Waals surface area contributed by atoms with Gasteiger partial charge in [0, 0.05) is 26.3 Å². The Morgan fingerprint density at radius 3 is 1.60 bits per heavy atom. The molecule has 0 amide bonds. The summed E-state index contributed by atoms with van der Waals surface area (Å²) in [5.41, 5.74) is 0. The van der Waals surface area contributed by atoms with Gasteiger partial charge in [0.25, 0.3) is 0 Å². The zero-order valence-electron chi connectivity index (χ0n) is 10.7. The van der Waals surface area contributed by atoms with Crippen LogP contribution in [-0.2, 0) is 9.47 Å². The molecule has 92 valence electrons. The molecule has 0 fully saturated rings. The minimum absolute atomic E-state index is 0.295. The Balaban J connectivity index is 3.27. The molecule has 0 saturated heterocycles. The summed E-state index contributed by atoms with van der Waals surface area (Å²) in [5, 5.41) is 3.35. The van der Waals surface area contributed by atoms with Crippen LogP contribution in [0.1, 0.15) is 40.5 Å². The molecule has 0 saturated carbocycles. The Morgan fingerprint density at radius 1 is 0.867 bits per heavy atom. The van der Waals surface area contributed by atoms with Crippen LogP contribution >= 0.6 is 0 Å². The average molecular weight is 217 g/mol. The number of nitrogens with one attached hydrogen (secondary N) is 1. The van der Waals surface area contributed by atoms with Gasteiger partial charge in [-0.25, -0.2) is 0 Å². The molecular weight excluding hydrogens is 190 g/mol. The van der Waals surface area contributed by atoms with E-state index in [0.717, 1.165) is 39.1 Å². The van der Waals surface area contributed by atoms with Gasteiger partial charge in [-0.1, -0.05) is 13.8 Å². The first-order valence-corrected chi connectivity index (χ1v) is 6.14. The second-order valence-corrected chi connectivity index (χ2v) is 4.02. The lowest BCUT2D eigenvalue weighted by Crippen LogP contribution is -2.33. The number of hydrogen-bond donors (Lipinski definition) is 1. The summed E-state index contributed by atoms with van der Waals surface area (Å²) in [6.45, 7) is 12.0. The zero-order valence-corrected chi connectivity index (χ0v) is 10.7. The molecule has 0 aliphatic rings. The normalized spacial score (nSPS) is 15.2. The van der Waals surface area contributed by atoms with Crippen LogP contribution in [0, 0.1) is 0 Å². The Kier molecular flexibility index (Phi) is 10.3. The molecule has 0 bridgehead atoms. The lowest BCUT2D eigenvalue weighted by Gasteiger charge is -2.16. The van der Waals surface area contributed by atoms with E-state index < -0.39 is 0 Å². The number of rotatable bonds is 10. The smallest absolute Gasteiger partial charge is 0.0671 e. The number of ether oxygens (including phenoxy) is 2. The molecule has 0 aliphatic carbocycles. The van der Waals surface area contributed by atoms with E-state index in [1.165, 1.54) is 0 Å². The molecule has 0 heterocycles. The summed E-state index contributed by atoms with van der Waals surface area (Å²) in [7, 11) is 0. The van der Waals surface area contributed by atoms with Gasteiger partial charge in [0.1, 0.15) is 0 Å². The van der Waals surface area contributed by atoms with Crippen LogP contribution in [0.25, 0.3) is 0 Å². The quantitative estimate of drug-likeness (QED) is 0.608. The Bertz CT molecular complexity index is 117. The van der Waals surface area contributed by atoms with Gasteiger partial charge in [-0.3, -0.25) is 0 Å². The first-order valence-electron chi connectivity index (χ1n) is 6.14. The Morgan fingerprint density at radius 2 is 1.27 bits per heavy atom. The predicted molar refractivity (Wildman–Crippen MR) is 64.3 cm³/mol. The van der Waals surface area contributed by atoms with Gasteiger partial charge in [0.05, 0.1) is 12.2 Å². The Labute approximate surface area is 94.5 Å². The summed E-state index contributed by atoms with van der Waals surface area (Å²) in [4.78, 5) is 0. The highest BCUT2D eigenvalue weighted by Gasteiger charge is 2.03. The SMILES string of the molecule is CCCOC(C)CNCC(C)OCCC. The fourth-order valence-electron chi connectivity index (χ4n) is 1.25. The van der Waals surface area contributed by atoms with Crippen LogP contribution < -0.4 is 5.32 Å². The third-order valence-electron chi connectivity index (χ3n) is 2.08. The Hall–Kier alpha value is -0.120. The van der Waals surface area contributed by atoms with Crippen LogP contribution in [-0.4, -0.2) is 38.5 Å². The highest BCUT2D eigenvalue weighted by atomic mass is 16.5. The van der Waals surface area contributed by atoms with Crippen molar-refractivity contribution >= 4 is 0 Å². The van der Waals surface area contributed by atoms with E-state index in [9.17, 15) is 0 Å². The van der Waals surface area contributed by atoms with Crippen molar-refractivity contribution in [3.63, 3.8) is 0 Å². The lowest BCUT2D eigenvalue weighted by molar-refractivity contribution is 0.0494. The van der Waals surface area contributed by atoms with Gasteiger partial charge in [-0.2, -0.15) is 0 Å². The minimum Gasteiger partial charge on any atom is -0.377 e. The fraction of sp³-hybridized carbons (Fsp3) is 1.00. The van der Waals surface area contributed by atoms with E-state index in [2.05, 4.69) is 33.0 Å². The van der Waals surface area contributed by atoms with Gasteiger partial charge in [-0.05, 0) is 26.7 Å². The van der Waals surface area contributed by atoms with Crippen LogP contribution in [0.3, 0.4) is 0 Å². The maximum atomic E-state index is 5.55. The third-order valence-corrected chi connectivity index (χ3v) is 2.08. The van der Waals surface area contributed by atoms with E-state index in [1.54, 1.807) is 0 Å². The molecule has 3 nitrogen and oxygen atoms in total. The summed E-state index contributed by atoms with van der Waals surface area (Å²) < 4.78 is 11.1. The molecule has 0 rings (SSSR count). The van der Waals surface area contributed by atoms with E-state index in [-0.39, 0.29) is 0 Å². The molecule has 0 aromatic heterocycles. The largest absolute Gasteiger partial charge is 0.377 e. The van der Waals surface area contributed by atoms with Crippen LogP contribution in [0.15, 0.2) is 0 Å². The summed E-state index contributed by atoms with van der Waals surface area (Å²) in [5.74, 6) is 0. The summed E-state index contributed by atoms with van der Waals surface area (Å²) in [6, 6.07) is 0. The topological polar surface area (TPSA) is 30.5 Å². The lowest BCUT2D eigenvalue weighted by atomic mass is 10.3. The van der Waals surface area contributed by atoms with Crippen molar-refractivity contribution in [3.05, 3.63) is 0 Å². The predicted octanol–water partition coefficient (Wildman–Crippen LogP) is 2.21. The summed E-state index contributed by atoms with van der Waals surface area (Å²) >= 11 is 0. The highest BCUT2D eigenvalue weighted by molar-refractivity contribution is 4.59. The molecule has 3 heteroatoms. The van der Waals surface area contributed by atoms with Crippen molar-refractivity contribution in [2.45, 2.75) is 52.7 Å². The molecule has 0 aromatic carbocycles. The third kappa shape index (κ3) is 10.2. The second kappa shape index (κ2) is 10.4. The van der Waals surface area contributed by atoms with E-state index in [4.69, 9.17) is 9.47 Å². The monoisotopic (exact) mass is 217 g/mol. The van der Waals surface area contributed by atoms with Crippen molar-refractivity contribution in [1.82, 2.24) is 5.32 Å². The zero-order chi connectivity index (χ0) is 11.5. The molecular formula is C12H27NO2. The summed E-state index contributed by atoms with van der Waals surface area (Å²) in [6.07, 6.45) is 2.76. The van der Waals surface area contributed by atoms with Crippen molar-refractivity contribution < 1.29 is 9.47 Å². The molecule has 2 unspecified atom stereocenters. The maximum absolute atomic E-state index is 5.55. The molecule has 2 atom stereocenters. The standard InChI is InChI=1S/C12H27NO2/c1-5-7-14-11(3)9-13-10-12(4)15-8-6-2/h11-13H,5-10H2,1-4H3. The first kappa shape index (κ1) is 14.9. The molecule has 1 N–H and O–H groups in total. The molecule has 15 heavy (non-hydrogen) atoms. The van der Waals surface area contributed by atoms with Crippen LogP contribution in [0.5, 0.6) is 0 Å². The molecule has 0 spiro atoms. The van der Waals surface area contributed by atoms with E-state index in [1.807, 2.05) is 0 Å². The molecule has 0 aliphatic heterocycles. The maximum Gasteiger partial charge on any atom is 0.0671 e. The van der Waals surface area contributed by atoms with E-state index >= 15 is 0 Å². The van der Waals surface area contributed by atoms with Crippen molar-refractivity contribution in [2.75, 3.05) is 26.3 Å². The van der Waals surface area contributed by atoms with Crippen molar-refractivity contribution in [2.24, 2.45) is 0 Å². The molecule has 0 radical (unpaired) electrons. The van der Waals surface area contributed by atoms with Gasteiger partial charge < -0.3 is 14.8 Å². The van der Waals surface area contributed by atoms with E-state index in [0.29, 0.717) is 12.2 Å². The van der Waals surface area contributed by atoms with Crippen molar-refractivity contribution in [3.8, 4) is 0 Å². The van der Waals surface area contributed by atoms with Crippen LogP contribution in [0.2, 0.25) is 0 Å². The van der Waals surface area contributed by atoms with Gasteiger partial charge in [0.2, 0.25) is 0 Å². The average Bonchev–Trinajstić information content (AvgIpc) is 2.23. The highest BCUT2D eigenvalue weighted by Crippen LogP contribution is 1.93. The van der Waals surface area contributed by atoms with Crippen molar-refractivity contribution in [1.29, 1.82) is 0 Å². The fourth-order valence-corrected chi connectivity index (χ4v) is 1.25. The van der Waals surface area contributed by atoms with Gasteiger partial charge >= 0.3 is 0 Å². The first-order chi connectivity index (χ1) is 7.20. The van der Waals surface area contributed by atoms with Crippen LogP contribution in [0.4, 0.5) is 0 Å². The molecule has 0 aromatic rings. The second-order valence-electron chi connectivity index (χ2n) is 4.02.